The van der Waals surface area contributed by atoms with Crippen LogP contribution >= 0.6 is 0 Å². The summed E-state index contributed by atoms with van der Waals surface area (Å²) < 4.78 is 24.0. The molecule has 21 heavy (non-hydrogen) atoms. The SMILES string of the molecule is O=C(C=CS(=O)(=O)c1ccccc1)N1CC(O)(C2CC2)C1. The molecule has 2 aliphatic rings. The zero-order valence-corrected chi connectivity index (χ0v) is 12.3. The number of carbonyl (C=O) groups excluding carboxylic acids is 1. The van der Waals surface area contributed by atoms with Gasteiger partial charge in [-0.3, -0.25) is 4.79 Å². The minimum atomic E-state index is -3.60. The van der Waals surface area contributed by atoms with E-state index in [2.05, 4.69) is 0 Å². The third-order valence-corrected chi connectivity index (χ3v) is 5.46. The molecule has 1 aliphatic heterocycles. The fraction of sp³-hybridized carbons (Fsp3) is 0.400. The topological polar surface area (TPSA) is 74.7 Å². The standard InChI is InChI=1S/C15H17NO4S/c17-14(16-10-15(18,11-16)12-6-7-12)8-9-21(19,20)13-4-2-1-3-5-13/h1-5,8-9,12,18H,6-7,10-11H2. The van der Waals surface area contributed by atoms with Gasteiger partial charge in [0.25, 0.3) is 0 Å². The average Bonchev–Trinajstić information content (AvgIpc) is 3.27. The Morgan fingerprint density at radius 2 is 1.86 bits per heavy atom. The predicted molar refractivity (Wildman–Crippen MR) is 77.0 cm³/mol. The summed E-state index contributed by atoms with van der Waals surface area (Å²) in [4.78, 5) is 13.5. The van der Waals surface area contributed by atoms with Crippen molar-refractivity contribution >= 4 is 15.7 Å². The van der Waals surface area contributed by atoms with Crippen molar-refractivity contribution in [3.63, 3.8) is 0 Å². The van der Waals surface area contributed by atoms with Crippen LogP contribution in [0.25, 0.3) is 0 Å². The van der Waals surface area contributed by atoms with Crippen LogP contribution in [0.3, 0.4) is 0 Å². The second-order valence-corrected chi connectivity index (χ2v) is 7.57. The van der Waals surface area contributed by atoms with Crippen LogP contribution in [-0.4, -0.2) is 43.0 Å². The van der Waals surface area contributed by atoms with Crippen molar-refractivity contribution in [2.45, 2.75) is 23.3 Å². The molecule has 1 amide bonds. The lowest BCUT2D eigenvalue weighted by molar-refractivity contribution is -0.154. The van der Waals surface area contributed by atoms with Crippen LogP contribution in [0.5, 0.6) is 0 Å². The number of nitrogens with zero attached hydrogens (tertiary/aromatic N) is 1. The second kappa shape index (κ2) is 4.96. The van der Waals surface area contributed by atoms with Gasteiger partial charge in [0, 0.05) is 11.5 Å². The minimum absolute atomic E-state index is 0.159. The van der Waals surface area contributed by atoms with Crippen molar-refractivity contribution < 1.29 is 18.3 Å². The van der Waals surface area contributed by atoms with Crippen molar-refractivity contribution in [3.8, 4) is 0 Å². The summed E-state index contributed by atoms with van der Waals surface area (Å²) >= 11 is 0. The van der Waals surface area contributed by atoms with E-state index in [1.165, 1.54) is 17.0 Å². The van der Waals surface area contributed by atoms with Gasteiger partial charge in [0.05, 0.1) is 18.0 Å². The van der Waals surface area contributed by atoms with E-state index in [0.717, 1.165) is 24.3 Å². The van der Waals surface area contributed by atoms with E-state index in [9.17, 15) is 18.3 Å². The van der Waals surface area contributed by atoms with Crippen molar-refractivity contribution in [2.24, 2.45) is 5.92 Å². The van der Waals surface area contributed by atoms with E-state index < -0.39 is 15.4 Å². The van der Waals surface area contributed by atoms with E-state index in [4.69, 9.17) is 0 Å². The number of carbonyl (C=O) groups is 1. The van der Waals surface area contributed by atoms with E-state index in [1.54, 1.807) is 18.2 Å². The molecule has 1 aromatic rings. The monoisotopic (exact) mass is 307 g/mol. The number of sulfone groups is 1. The number of hydrogen-bond acceptors (Lipinski definition) is 4. The molecule has 0 bridgehead atoms. The van der Waals surface area contributed by atoms with E-state index in [0.29, 0.717) is 19.0 Å². The van der Waals surface area contributed by atoms with Crippen LogP contribution in [0.2, 0.25) is 0 Å². The first-order valence-electron chi connectivity index (χ1n) is 6.90. The third-order valence-electron chi connectivity index (χ3n) is 4.04. The number of hydrogen-bond donors (Lipinski definition) is 1. The summed E-state index contributed by atoms with van der Waals surface area (Å²) in [5.41, 5.74) is -0.748. The van der Waals surface area contributed by atoms with Crippen molar-refractivity contribution in [1.29, 1.82) is 0 Å². The van der Waals surface area contributed by atoms with Gasteiger partial charge in [-0.1, -0.05) is 18.2 Å². The molecule has 0 atom stereocenters. The fourth-order valence-corrected chi connectivity index (χ4v) is 3.58. The molecule has 1 heterocycles. The third kappa shape index (κ3) is 2.87. The summed E-state index contributed by atoms with van der Waals surface area (Å²) in [6.45, 7) is 0.596. The lowest BCUT2D eigenvalue weighted by Crippen LogP contribution is -2.64. The van der Waals surface area contributed by atoms with Crippen LogP contribution in [-0.2, 0) is 14.6 Å². The minimum Gasteiger partial charge on any atom is -0.386 e. The second-order valence-electron chi connectivity index (χ2n) is 5.73. The average molecular weight is 307 g/mol. The number of β-amino-alcohol motifs (C(OH)–C–C–N with tert-alkyl or cyclic N) is 1. The molecule has 112 valence electrons. The van der Waals surface area contributed by atoms with Crippen LogP contribution in [0.15, 0.2) is 46.7 Å². The number of benzene rings is 1. The van der Waals surface area contributed by atoms with E-state index >= 15 is 0 Å². The van der Waals surface area contributed by atoms with Gasteiger partial charge in [-0.05, 0) is 30.9 Å². The first-order chi connectivity index (χ1) is 9.91. The zero-order chi connectivity index (χ0) is 15.1. The van der Waals surface area contributed by atoms with Crippen LogP contribution in [0.1, 0.15) is 12.8 Å². The smallest absolute Gasteiger partial charge is 0.247 e. The predicted octanol–water partition coefficient (Wildman–Crippen LogP) is 0.957. The van der Waals surface area contributed by atoms with Gasteiger partial charge in [0.2, 0.25) is 5.91 Å². The Balaban J connectivity index is 1.63. The highest BCUT2D eigenvalue weighted by atomic mass is 32.2. The van der Waals surface area contributed by atoms with E-state index in [-0.39, 0.29) is 10.8 Å². The lowest BCUT2D eigenvalue weighted by atomic mass is 9.89. The Bertz CT molecular complexity index is 671. The molecule has 1 saturated carbocycles. The Hall–Kier alpha value is -1.66. The molecular formula is C15H17NO4S. The first kappa shape index (κ1) is 14.3. The maximum absolute atomic E-state index is 12.0. The van der Waals surface area contributed by atoms with Crippen molar-refractivity contribution in [2.75, 3.05) is 13.1 Å². The molecule has 2 fully saturated rings. The van der Waals surface area contributed by atoms with Gasteiger partial charge < -0.3 is 10.0 Å². The molecule has 0 unspecified atom stereocenters. The number of likely N-dealkylation sites (tertiary alicyclic amines) is 1. The molecule has 1 aliphatic carbocycles. The Morgan fingerprint density at radius 3 is 2.43 bits per heavy atom. The number of aliphatic hydroxyl groups is 1. The van der Waals surface area contributed by atoms with Crippen LogP contribution < -0.4 is 0 Å². The number of rotatable bonds is 4. The first-order valence-corrected chi connectivity index (χ1v) is 8.45. The molecule has 1 N–H and O–H groups in total. The van der Waals surface area contributed by atoms with Crippen LogP contribution in [0, 0.1) is 5.92 Å². The van der Waals surface area contributed by atoms with Gasteiger partial charge in [-0.15, -0.1) is 0 Å². The molecule has 0 radical (unpaired) electrons. The molecular weight excluding hydrogens is 290 g/mol. The van der Waals surface area contributed by atoms with Crippen molar-refractivity contribution in [3.05, 3.63) is 41.8 Å². The maximum Gasteiger partial charge on any atom is 0.247 e. The fourth-order valence-electron chi connectivity index (χ4n) is 2.59. The zero-order valence-electron chi connectivity index (χ0n) is 11.5. The summed E-state index contributed by atoms with van der Waals surface area (Å²) in [6, 6.07) is 7.97. The molecule has 0 spiro atoms. The van der Waals surface area contributed by atoms with Gasteiger partial charge in [0.1, 0.15) is 5.60 Å². The Morgan fingerprint density at radius 1 is 1.24 bits per heavy atom. The lowest BCUT2D eigenvalue weighted by Gasteiger charge is -2.46. The highest BCUT2D eigenvalue weighted by molar-refractivity contribution is 7.94. The molecule has 5 nitrogen and oxygen atoms in total. The molecule has 1 aromatic carbocycles. The summed E-state index contributed by atoms with van der Waals surface area (Å²) in [5, 5.41) is 11.1. The largest absolute Gasteiger partial charge is 0.386 e. The van der Waals surface area contributed by atoms with Gasteiger partial charge in [0.15, 0.2) is 9.84 Å². The maximum atomic E-state index is 12.0. The van der Waals surface area contributed by atoms with Gasteiger partial charge in [-0.2, -0.15) is 0 Å². The molecule has 1 saturated heterocycles. The van der Waals surface area contributed by atoms with Gasteiger partial charge >= 0.3 is 0 Å². The Labute approximate surface area is 123 Å². The molecule has 3 rings (SSSR count). The normalized spacial score (nSPS) is 21.3. The van der Waals surface area contributed by atoms with E-state index in [1.807, 2.05) is 0 Å². The summed E-state index contributed by atoms with van der Waals surface area (Å²) in [6.07, 6.45) is 3.09. The highest BCUT2D eigenvalue weighted by Crippen LogP contribution is 2.44. The molecule has 6 heteroatoms. The number of amides is 1. The Kier molecular flexibility index (Phi) is 3.37. The summed E-state index contributed by atoms with van der Waals surface area (Å²) in [5.74, 6) is -0.0709. The quantitative estimate of drug-likeness (QED) is 0.841. The highest BCUT2D eigenvalue weighted by Gasteiger charge is 2.52. The summed E-state index contributed by atoms with van der Waals surface area (Å²) in [7, 11) is -3.60. The van der Waals surface area contributed by atoms with Crippen LogP contribution in [0.4, 0.5) is 0 Å². The van der Waals surface area contributed by atoms with Crippen molar-refractivity contribution in [1.82, 2.24) is 4.90 Å². The van der Waals surface area contributed by atoms with Gasteiger partial charge in [-0.25, -0.2) is 8.42 Å². The molecule has 0 aromatic heterocycles.